The van der Waals surface area contributed by atoms with Gasteiger partial charge in [-0.25, -0.2) is 0 Å². The van der Waals surface area contributed by atoms with Crippen LogP contribution in [0.1, 0.15) is 37.8 Å². The molecule has 6 heteroatoms. The maximum atomic E-state index is 12.5. The summed E-state index contributed by atoms with van der Waals surface area (Å²) in [5.41, 5.74) is 3.34. The fraction of sp³-hybridized carbons (Fsp3) is 0.348. The zero-order valence-corrected chi connectivity index (χ0v) is 17.4. The first-order valence-corrected chi connectivity index (χ1v) is 9.60. The van der Waals surface area contributed by atoms with Gasteiger partial charge in [-0.2, -0.15) is 13.2 Å². The lowest BCUT2D eigenvalue weighted by atomic mass is 9.85. The molecule has 0 aliphatic heterocycles. The molecular formula is C23H24ClF3O2. The number of rotatable bonds is 7. The highest BCUT2D eigenvalue weighted by atomic mass is 35.5. The fourth-order valence-corrected chi connectivity index (χ4v) is 3.00. The van der Waals surface area contributed by atoms with Gasteiger partial charge < -0.3 is 4.74 Å². The van der Waals surface area contributed by atoms with Gasteiger partial charge in [-0.15, -0.1) is 0 Å². The van der Waals surface area contributed by atoms with Gasteiger partial charge >= 0.3 is 12.1 Å². The van der Waals surface area contributed by atoms with Crippen molar-refractivity contribution >= 4 is 17.6 Å². The van der Waals surface area contributed by atoms with Gasteiger partial charge in [-0.05, 0) is 41.0 Å². The Kier molecular flexibility index (Phi) is 7.53. The highest BCUT2D eigenvalue weighted by Crippen LogP contribution is 2.33. The summed E-state index contributed by atoms with van der Waals surface area (Å²) in [4.78, 5) is 12.2. The standard InChI is InChI=1S/C23H24ClF3O2/c1-16-18(10-7-11-19(16)17-8-5-4-6-9-17)15-29-21(28)14-22(2,3)13-12-20(24)23(25,26)27/h4-12H,13-15H2,1-3H3/b20-12-. The normalized spacial score (nSPS) is 12.7. The van der Waals surface area contributed by atoms with E-state index in [2.05, 4.69) is 0 Å². The molecule has 29 heavy (non-hydrogen) atoms. The van der Waals surface area contributed by atoms with Crippen LogP contribution in [0.4, 0.5) is 13.2 Å². The van der Waals surface area contributed by atoms with Crippen LogP contribution in [0.3, 0.4) is 0 Å². The van der Waals surface area contributed by atoms with E-state index in [0.29, 0.717) is 0 Å². The monoisotopic (exact) mass is 424 g/mol. The van der Waals surface area contributed by atoms with Crippen LogP contribution >= 0.6 is 11.6 Å². The molecule has 0 spiro atoms. The summed E-state index contributed by atoms with van der Waals surface area (Å²) in [6.07, 6.45) is -3.66. The molecule has 0 heterocycles. The molecule has 0 atom stereocenters. The van der Waals surface area contributed by atoms with Crippen molar-refractivity contribution < 1.29 is 22.7 Å². The molecule has 0 saturated carbocycles. The van der Waals surface area contributed by atoms with E-state index < -0.39 is 22.6 Å². The summed E-state index contributed by atoms with van der Waals surface area (Å²) in [5, 5.41) is -1.17. The Balaban J connectivity index is 1.99. The third-order valence-corrected chi connectivity index (χ3v) is 5.02. The van der Waals surface area contributed by atoms with E-state index >= 15 is 0 Å². The minimum Gasteiger partial charge on any atom is -0.461 e. The number of carbonyl (C=O) groups is 1. The molecule has 2 aromatic rings. The summed E-state index contributed by atoms with van der Waals surface area (Å²) in [6.45, 7) is 5.49. The number of carbonyl (C=O) groups excluding carboxylic acids is 1. The van der Waals surface area contributed by atoms with E-state index in [1.54, 1.807) is 13.8 Å². The predicted molar refractivity (Wildman–Crippen MR) is 109 cm³/mol. The Morgan fingerprint density at radius 1 is 1.07 bits per heavy atom. The van der Waals surface area contributed by atoms with Crippen LogP contribution in [0.5, 0.6) is 0 Å². The molecule has 0 radical (unpaired) electrons. The third-order valence-electron chi connectivity index (χ3n) is 4.65. The van der Waals surface area contributed by atoms with Gasteiger partial charge in [0.05, 0.1) is 6.42 Å². The van der Waals surface area contributed by atoms with E-state index in [0.717, 1.165) is 28.3 Å². The van der Waals surface area contributed by atoms with Crippen molar-refractivity contribution in [3.05, 3.63) is 70.8 Å². The summed E-state index contributed by atoms with van der Waals surface area (Å²) in [7, 11) is 0. The number of alkyl halides is 3. The molecule has 0 saturated heterocycles. The van der Waals surface area contributed by atoms with E-state index in [1.165, 1.54) is 0 Å². The zero-order valence-electron chi connectivity index (χ0n) is 16.6. The van der Waals surface area contributed by atoms with E-state index in [1.807, 2.05) is 55.5 Å². The summed E-state index contributed by atoms with van der Waals surface area (Å²) >= 11 is 5.24. The van der Waals surface area contributed by atoms with Crippen LogP contribution in [0, 0.1) is 12.3 Å². The average molecular weight is 425 g/mol. The van der Waals surface area contributed by atoms with Crippen molar-refractivity contribution in [1.29, 1.82) is 0 Å². The minimum atomic E-state index is -4.57. The molecule has 0 aromatic heterocycles. The lowest BCUT2D eigenvalue weighted by Gasteiger charge is -2.22. The third kappa shape index (κ3) is 6.93. The molecule has 0 N–H and O–H groups in total. The van der Waals surface area contributed by atoms with Crippen LogP contribution in [-0.4, -0.2) is 12.1 Å². The molecule has 2 aromatic carbocycles. The van der Waals surface area contributed by atoms with Crippen LogP contribution in [0.25, 0.3) is 11.1 Å². The van der Waals surface area contributed by atoms with Crippen molar-refractivity contribution in [3.63, 3.8) is 0 Å². The van der Waals surface area contributed by atoms with Crippen molar-refractivity contribution in [2.24, 2.45) is 5.41 Å². The maximum absolute atomic E-state index is 12.5. The highest BCUT2D eigenvalue weighted by molar-refractivity contribution is 6.30. The Bertz CT molecular complexity index is 871. The Hall–Kier alpha value is -2.27. The maximum Gasteiger partial charge on any atom is 0.426 e. The predicted octanol–water partition coefficient (Wildman–Crippen LogP) is 7.20. The molecule has 0 amide bonds. The van der Waals surface area contributed by atoms with Crippen LogP contribution < -0.4 is 0 Å². The van der Waals surface area contributed by atoms with Crippen molar-refractivity contribution in [3.8, 4) is 11.1 Å². The highest BCUT2D eigenvalue weighted by Gasteiger charge is 2.33. The number of allylic oxidation sites excluding steroid dienone is 2. The number of esters is 1. The first kappa shape index (κ1) is 23.0. The second-order valence-corrected chi connectivity index (χ2v) is 8.12. The first-order chi connectivity index (χ1) is 13.5. The SMILES string of the molecule is Cc1c(COC(=O)CC(C)(C)C/C=C(\Cl)C(F)(F)F)cccc1-c1ccccc1. The summed E-state index contributed by atoms with van der Waals surface area (Å²) in [5.74, 6) is -0.462. The molecule has 0 aliphatic carbocycles. The van der Waals surface area contributed by atoms with Gasteiger partial charge in [0.2, 0.25) is 0 Å². The topological polar surface area (TPSA) is 26.3 Å². The molecule has 0 fully saturated rings. The molecular weight excluding hydrogens is 401 g/mol. The fourth-order valence-electron chi connectivity index (χ4n) is 2.92. The second-order valence-electron chi connectivity index (χ2n) is 7.71. The lowest BCUT2D eigenvalue weighted by molar-refractivity contribution is -0.147. The van der Waals surface area contributed by atoms with Gasteiger partial charge in [0.1, 0.15) is 11.6 Å². The molecule has 2 rings (SSSR count). The number of benzene rings is 2. The summed E-state index contributed by atoms with van der Waals surface area (Å²) < 4.78 is 42.9. The number of hydrogen-bond acceptors (Lipinski definition) is 2. The van der Waals surface area contributed by atoms with Crippen LogP contribution in [0.15, 0.2) is 59.6 Å². The largest absolute Gasteiger partial charge is 0.461 e. The zero-order chi connectivity index (χ0) is 21.7. The van der Waals surface area contributed by atoms with E-state index in [9.17, 15) is 18.0 Å². The second kappa shape index (κ2) is 9.49. The van der Waals surface area contributed by atoms with Crippen LogP contribution in [0.2, 0.25) is 0 Å². The van der Waals surface area contributed by atoms with Crippen molar-refractivity contribution in [2.45, 2.75) is 46.4 Å². The smallest absolute Gasteiger partial charge is 0.426 e. The van der Waals surface area contributed by atoms with Crippen molar-refractivity contribution in [2.75, 3.05) is 0 Å². The average Bonchev–Trinajstić information content (AvgIpc) is 2.65. The molecule has 156 valence electrons. The quantitative estimate of drug-likeness (QED) is 0.439. The van der Waals surface area contributed by atoms with Gasteiger partial charge in [-0.3, -0.25) is 4.79 Å². The molecule has 2 nitrogen and oxygen atoms in total. The van der Waals surface area contributed by atoms with E-state index in [-0.39, 0.29) is 19.4 Å². The Morgan fingerprint density at radius 3 is 2.34 bits per heavy atom. The molecule has 0 aliphatic rings. The minimum absolute atomic E-state index is 0.0110. The molecule has 0 unspecified atom stereocenters. The Labute approximate surface area is 174 Å². The lowest BCUT2D eigenvalue weighted by Crippen LogP contribution is -2.19. The molecule has 0 bridgehead atoms. The number of ether oxygens (including phenoxy) is 1. The van der Waals surface area contributed by atoms with Gasteiger partial charge in [0.15, 0.2) is 0 Å². The van der Waals surface area contributed by atoms with Crippen LogP contribution in [-0.2, 0) is 16.1 Å². The number of halogens is 4. The van der Waals surface area contributed by atoms with E-state index in [4.69, 9.17) is 16.3 Å². The van der Waals surface area contributed by atoms with Gasteiger partial charge in [-0.1, -0.05) is 80.1 Å². The van der Waals surface area contributed by atoms with Gasteiger partial charge in [0, 0.05) is 0 Å². The van der Waals surface area contributed by atoms with Gasteiger partial charge in [0.25, 0.3) is 0 Å². The number of hydrogen-bond donors (Lipinski definition) is 0. The summed E-state index contributed by atoms with van der Waals surface area (Å²) in [6, 6.07) is 15.7. The van der Waals surface area contributed by atoms with Crippen molar-refractivity contribution in [1.82, 2.24) is 0 Å². The Morgan fingerprint density at radius 2 is 1.72 bits per heavy atom. The first-order valence-electron chi connectivity index (χ1n) is 9.22.